The van der Waals surface area contributed by atoms with Crippen LogP contribution in [-0.4, -0.2) is 24.3 Å². The quantitative estimate of drug-likeness (QED) is 0.458. The Morgan fingerprint density at radius 3 is 2.41 bits per heavy atom. The number of carbonyl (C=O) groups excluding carboxylic acids is 3. The number of aryl methyl sites for hydroxylation is 1. The lowest BCUT2D eigenvalue weighted by Crippen LogP contribution is -2.22. The number of ether oxygens (including phenoxy) is 1. The number of ketones is 1. The fourth-order valence-corrected chi connectivity index (χ4v) is 2.80. The minimum absolute atomic E-state index is 0.0963. The Balaban J connectivity index is 1.45. The van der Waals surface area contributed by atoms with E-state index in [0.717, 1.165) is 11.3 Å². The molecule has 6 nitrogen and oxygen atoms in total. The van der Waals surface area contributed by atoms with Gasteiger partial charge in [-0.2, -0.15) is 0 Å². The summed E-state index contributed by atoms with van der Waals surface area (Å²) in [5.74, 6) is 0.235. The molecule has 3 rings (SSSR count). The number of hydrogen-bond donors (Lipinski definition) is 1. The number of Topliss-reactive ketones (excluding diaryl/α,β-unsaturated/α-hetero) is 1. The fraction of sp³-hybridized carbons (Fsp3) is 0.174. The van der Waals surface area contributed by atoms with Crippen molar-refractivity contribution in [2.24, 2.45) is 0 Å². The van der Waals surface area contributed by atoms with Gasteiger partial charge in [0.05, 0.1) is 12.1 Å². The van der Waals surface area contributed by atoms with Crippen LogP contribution >= 0.6 is 0 Å². The molecule has 3 aromatic rings. The third-order valence-corrected chi connectivity index (χ3v) is 4.24. The maximum Gasteiger partial charge on any atom is 0.306 e. The summed E-state index contributed by atoms with van der Waals surface area (Å²) in [5, 5.41) is 2.59. The molecule has 1 aromatic heterocycles. The van der Waals surface area contributed by atoms with Crippen molar-refractivity contribution < 1.29 is 23.5 Å². The number of benzene rings is 2. The van der Waals surface area contributed by atoms with Crippen LogP contribution < -0.4 is 5.32 Å². The molecular formula is C23H21NO5. The Morgan fingerprint density at radius 2 is 1.66 bits per heavy atom. The van der Waals surface area contributed by atoms with E-state index in [4.69, 9.17) is 9.15 Å². The first-order valence-corrected chi connectivity index (χ1v) is 9.22. The molecule has 148 valence electrons. The Bertz CT molecular complexity index is 1010. The van der Waals surface area contributed by atoms with Crippen molar-refractivity contribution in [2.45, 2.75) is 19.8 Å². The molecule has 0 radical (unpaired) electrons. The molecule has 0 atom stereocenters. The van der Waals surface area contributed by atoms with Crippen molar-refractivity contribution in [1.82, 2.24) is 0 Å². The molecule has 29 heavy (non-hydrogen) atoms. The molecule has 0 saturated carbocycles. The third kappa shape index (κ3) is 5.65. The molecule has 0 aliphatic carbocycles. The maximum absolute atomic E-state index is 12.0. The Morgan fingerprint density at radius 1 is 0.931 bits per heavy atom. The van der Waals surface area contributed by atoms with Crippen molar-refractivity contribution in [3.63, 3.8) is 0 Å². The molecule has 0 bridgehead atoms. The van der Waals surface area contributed by atoms with Gasteiger partial charge in [0.25, 0.3) is 5.91 Å². The predicted molar refractivity (Wildman–Crippen MR) is 109 cm³/mol. The summed E-state index contributed by atoms with van der Waals surface area (Å²) in [5.41, 5.74) is 1.76. The number of para-hydroxylation sites is 1. The molecule has 0 fully saturated rings. The lowest BCUT2D eigenvalue weighted by Gasteiger charge is -2.09. The van der Waals surface area contributed by atoms with Gasteiger partial charge in [-0.05, 0) is 31.2 Å². The predicted octanol–water partition coefficient (Wildman–Crippen LogP) is 4.26. The van der Waals surface area contributed by atoms with Crippen molar-refractivity contribution in [1.29, 1.82) is 0 Å². The highest BCUT2D eigenvalue weighted by molar-refractivity contribution is 6.04. The zero-order valence-electron chi connectivity index (χ0n) is 16.0. The van der Waals surface area contributed by atoms with E-state index < -0.39 is 18.5 Å². The molecule has 6 heteroatoms. The van der Waals surface area contributed by atoms with Gasteiger partial charge in [0, 0.05) is 17.5 Å². The summed E-state index contributed by atoms with van der Waals surface area (Å²) in [4.78, 5) is 35.5. The van der Waals surface area contributed by atoms with Crippen molar-refractivity contribution in [2.75, 3.05) is 11.9 Å². The Kier molecular flexibility index (Phi) is 6.58. The van der Waals surface area contributed by atoms with Gasteiger partial charge in [0.2, 0.25) is 0 Å². The molecular weight excluding hydrogens is 370 g/mol. The summed E-state index contributed by atoms with van der Waals surface area (Å²) in [7, 11) is 0. The monoisotopic (exact) mass is 391 g/mol. The number of anilines is 1. The van der Waals surface area contributed by atoms with Gasteiger partial charge in [0.1, 0.15) is 11.5 Å². The largest absolute Gasteiger partial charge is 0.461 e. The van der Waals surface area contributed by atoms with E-state index in [1.165, 1.54) is 6.92 Å². The second-order valence-electron chi connectivity index (χ2n) is 6.44. The number of esters is 1. The average Bonchev–Trinajstić information content (AvgIpc) is 3.21. The van der Waals surface area contributed by atoms with E-state index >= 15 is 0 Å². The number of hydrogen-bond acceptors (Lipinski definition) is 5. The number of rotatable bonds is 8. The van der Waals surface area contributed by atoms with Crippen molar-refractivity contribution in [3.8, 4) is 11.3 Å². The van der Waals surface area contributed by atoms with E-state index in [-0.39, 0.29) is 12.2 Å². The molecule has 0 aliphatic rings. The highest BCUT2D eigenvalue weighted by Gasteiger charge is 2.13. The van der Waals surface area contributed by atoms with Gasteiger partial charge in [-0.25, -0.2) is 0 Å². The Labute approximate surface area is 168 Å². The van der Waals surface area contributed by atoms with Crippen LogP contribution in [0.5, 0.6) is 0 Å². The van der Waals surface area contributed by atoms with Gasteiger partial charge in [-0.1, -0.05) is 42.5 Å². The number of nitrogens with one attached hydrogen (secondary N) is 1. The van der Waals surface area contributed by atoms with Crippen LogP contribution in [0.1, 0.15) is 29.5 Å². The van der Waals surface area contributed by atoms with Crippen LogP contribution in [0.4, 0.5) is 5.69 Å². The second-order valence-corrected chi connectivity index (χ2v) is 6.44. The highest BCUT2D eigenvalue weighted by atomic mass is 16.5. The lowest BCUT2D eigenvalue weighted by molar-refractivity contribution is -0.147. The van der Waals surface area contributed by atoms with Gasteiger partial charge < -0.3 is 14.5 Å². The summed E-state index contributed by atoms with van der Waals surface area (Å²) in [6.07, 6.45) is 0.472. The summed E-state index contributed by atoms with van der Waals surface area (Å²) in [6.45, 7) is 1.00. The first-order valence-electron chi connectivity index (χ1n) is 9.22. The zero-order chi connectivity index (χ0) is 20.6. The summed E-state index contributed by atoms with van der Waals surface area (Å²) < 4.78 is 10.8. The van der Waals surface area contributed by atoms with Gasteiger partial charge in [0.15, 0.2) is 12.4 Å². The Hall–Kier alpha value is -3.67. The first kappa shape index (κ1) is 20.1. The lowest BCUT2D eigenvalue weighted by atomic mass is 10.1. The highest BCUT2D eigenvalue weighted by Crippen LogP contribution is 2.22. The van der Waals surface area contributed by atoms with Crippen LogP contribution in [0, 0.1) is 0 Å². The maximum atomic E-state index is 12.0. The van der Waals surface area contributed by atoms with Crippen molar-refractivity contribution in [3.05, 3.63) is 78.1 Å². The molecule has 0 saturated heterocycles. The van der Waals surface area contributed by atoms with Gasteiger partial charge in [-0.15, -0.1) is 0 Å². The topological polar surface area (TPSA) is 85.6 Å². The second kappa shape index (κ2) is 9.50. The fourth-order valence-electron chi connectivity index (χ4n) is 2.80. The van der Waals surface area contributed by atoms with Crippen LogP contribution in [0.25, 0.3) is 11.3 Å². The van der Waals surface area contributed by atoms with Gasteiger partial charge in [-0.3, -0.25) is 14.4 Å². The molecule has 0 unspecified atom stereocenters. The average molecular weight is 391 g/mol. The van der Waals surface area contributed by atoms with Crippen LogP contribution in [-0.2, 0) is 20.7 Å². The third-order valence-electron chi connectivity index (χ3n) is 4.24. The molecule has 0 aliphatic heterocycles. The normalized spacial score (nSPS) is 10.4. The first-order chi connectivity index (χ1) is 14.0. The molecule has 1 amide bonds. The molecule has 1 heterocycles. The van der Waals surface area contributed by atoms with E-state index in [9.17, 15) is 14.4 Å². The molecule has 2 aromatic carbocycles. The standard InChI is InChI=1S/C23H21NO5/c1-16(25)19-9-5-6-10-20(19)24-22(26)15-28-23(27)14-12-18-11-13-21(29-18)17-7-3-2-4-8-17/h2-11,13H,12,14-15H2,1H3,(H,24,26). The number of carbonyl (C=O) groups is 3. The zero-order valence-corrected chi connectivity index (χ0v) is 16.0. The minimum Gasteiger partial charge on any atom is -0.461 e. The number of amides is 1. The van der Waals surface area contributed by atoms with E-state index in [1.54, 1.807) is 24.3 Å². The molecule has 0 spiro atoms. The van der Waals surface area contributed by atoms with Crippen LogP contribution in [0.15, 0.2) is 71.1 Å². The van der Waals surface area contributed by atoms with Crippen molar-refractivity contribution >= 4 is 23.3 Å². The molecule has 1 N–H and O–H groups in total. The van der Waals surface area contributed by atoms with Gasteiger partial charge >= 0.3 is 5.97 Å². The SMILES string of the molecule is CC(=O)c1ccccc1NC(=O)COC(=O)CCc1ccc(-c2ccccc2)o1. The summed E-state index contributed by atoms with van der Waals surface area (Å²) in [6, 6.07) is 20.0. The van der Waals surface area contributed by atoms with E-state index in [1.807, 2.05) is 42.5 Å². The number of furan rings is 1. The van der Waals surface area contributed by atoms with E-state index in [0.29, 0.717) is 23.4 Å². The summed E-state index contributed by atoms with van der Waals surface area (Å²) >= 11 is 0. The smallest absolute Gasteiger partial charge is 0.306 e. The van der Waals surface area contributed by atoms with E-state index in [2.05, 4.69) is 5.32 Å². The van der Waals surface area contributed by atoms with Crippen LogP contribution in [0.3, 0.4) is 0 Å². The minimum atomic E-state index is -0.503. The van der Waals surface area contributed by atoms with Crippen LogP contribution in [0.2, 0.25) is 0 Å².